The molecule has 0 bridgehead atoms. The molecule has 1 unspecified atom stereocenters. The number of nitrogens with zero attached hydrogens (tertiary/aromatic N) is 12. The molecule has 147 heavy (non-hydrogen) atoms. The van der Waals surface area contributed by atoms with Gasteiger partial charge < -0.3 is 13.3 Å². The molecule has 0 aliphatic heterocycles. The van der Waals surface area contributed by atoms with Gasteiger partial charge in [-0.05, 0) is 168 Å². The van der Waals surface area contributed by atoms with Crippen LogP contribution in [0.5, 0.6) is 0 Å². The van der Waals surface area contributed by atoms with Crippen molar-refractivity contribution >= 4 is 66.7 Å². The van der Waals surface area contributed by atoms with Crippen molar-refractivity contribution in [3.8, 4) is 192 Å². The first-order chi connectivity index (χ1) is 72.8. The molecule has 1 aliphatic rings. The van der Waals surface area contributed by atoms with Gasteiger partial charge in [0.2, 0.25) is 17.7 Å². The van der Waals surface area contributed by atoms with Crippen LogP contribution in [0.3, 0.4) is 0 Å². The molecule has 692 valence electrons. The summed E-state index contributed by atoms with van der Waals surface area (Å²) >= 11 is 0. The van der Waals surface area contributed by atoms with Gasteiger partial charge >= 0.3 is 0 Å². The van der Waals surface area contributed by atoms with Crippen LogP contribution in [0.1, 0.15) is 17.9 Å². The number of hydrogen-bond donors (Lipinski definition) is 0. The summed E-state index contributed by atoms with van der Waals surface area (Å²) in [5, 5.41) is 7.42. The predicted octanol–water partition coefficient (Wildman–Crippen LogP) is 31.4. The van der Waals surface area contributed by atoms with E-state index in [0.717, 1.165) is 172 Å². The van der Waals surface area contributed by atoms with Gasteiger partial charge in [0.1, 0.15) is 16.4 Å². The van der Waals surface area contributed by atoms with Crippen molar-refractivity contribution < 1.29 is 13.3 Å². The van der Waals surface area contributed by atoms with Gasteiger partial charge in [-0.15, -0.1) is 0 Å². The summed E-state index contributed by atoms with van der Waals surface area (Å²) in [4.78, 5) is 59.7. The van der Waals surface area contributed by atoms with Gasteiger partial charge in [0.25, 0.3) is 0 Å². The molecule has 1 atom stereocenters. The monoisotopic (exact) mass is 1890 g/mol. The maximum Gasteiger partial charge on any atom is 0.227 e. The highest BCUT2D eigenvalue weighted by Crippen LogP contribution is 2.44. The average molecular weight is 1890 g/mol. The van der Waals surface area contributed by atoms with Gasteiger partial charge in [-0.3, -0.25) is 0 Å². The van der Waals surface area contributed by atoms with E-state index in [1.54, 1.807) is 0 Å². The third kappa shape index (κ3) is 18.4. The number of oxazole rings is 3. The Morgan fingerprint density at radius 1 is 0.190 bits per heavy atom. The minimum atomic E-state index is 0.220. The second-order valence-corrected chi connectivity index (χ2v) is 36.0. The third-order valence-corrected chi connectivity index (χ3v) is 26.7. The van der Waals surface area contributed by atoms with Crippen molar-refractivity contribution in [1.82, 2.24) is 59.8 Å². The molecular formula is C132H86N12O3. The number of aromatic nitrogens is 12. The van der Waals surface area contributed by atoms with Crippen molar-refractivity contribution in [2.45, 2.75) is 12.3 Å². The largest absolute Gasteiger partial charge is 0.436 e. The van der Waals surface area contributed by atoms with E-state index in [4.69, 9.17) is 73.1 Å². The van der Waals surface area contributed by atoms with Crippen LogP contribution in [0, 0.1) is 0 Å². The van der Waals surface area contributed by atoms with Crippen LogP contribution in [0.2, 0.25) is 0 Å². The lowest BCUT2D eigenvalue weighted by Gasteiger charge is -2.14. The highest BCUT2D eigenvalue weighted by molar-refractivity contribution is 6.10. The lowest BCUT2D eigenvalue weighted by Crippen LogP contribution is -2.26. The van der Waals surface area contributed by atoms with E-state index in [1.807, 2.05) is 224 Å². The van der Waals surface area contributed by atoms with Gasteiger partial charge in [0.05, 0.1) is 0 Å². The molecule has 26 aromatic rings. The molecule has 0 N–H and O–H groups in total. The number of para-hydroxylation sites is 2. The highest BCUT2D eigenvalue weighted by atomic mass is 16.4. The van der Waals surface area contributed by atoms with Gasteiger partial charge in [0, 0.05) is 83.8 Å². The van der Waals surface area contributed by atoms with Crippen molar-refractivity contribution in [2.24, 2.45) is 0 Å². The quantitative estimate of drug-likeness (QED) is 0.0786. The molecule has 6 heterocycles. The topological polar surface area (TPSA) is 194 Å². The van der Waals surface area contributed by atoms with Gasteiger partial charge in [-0.2, -0.15) is 0 Å². The lowest BCUT2D eigenvalue weighted by atomic mass is 9.91. The summed E-state index contributed by atoms with van der Waals surface area (Å²) < 4.78 is 18.7. The third-order valence-electron chi connectivity index (χ3n) is 26.7. The molecule has 27 rings (SSSR count). The van der Waals surface area contributed by atoms with E-state index in [1.165, 1.54) is 27.6 Å². The summed E-state index contributed by atoms with van der Waals surface area (Å²) in [7, 11) is 0. The summed E-state index contributed by atoms with van der Waals surface area (Å²) in [5.74, 6) is 7.75. The fourth-order valence-corrected chi connectivity index (χ4v) is 19.2. The normalized spacial score (nSPS) is 12.1. The molecule has 6 aromatic heterocycles. The molecule has 15 heteroatoms. The molecule has 1 aliphatic carbocycles. The van der Waals surface area contributed by atoms with Crippen molar-refractivity contribution in [2.75, 3.05) is 0 Å². The van der Waals surface area contributed by atoms with E-state index < -0.39 is 0 Å². The van der Waals surface area contributed by atoms with Gasteiger partial charge in [-0.1, -0.05) is 425 Å². The molecule has 15 nitrogen and oxygen atoms in total. The van der Waals surface area contributed by atoms with Crippen LogP contribution in [-0.4, -0.2) is 59.8 Å². The fraction of sp³-hybridized carbons (Fsp3) is 0.0152. The Bertz CT molecular complexity index is 9100. The van der Waals surface area contributed by atoms with Crippen LogP contribution in [-0.2, 0) is 0 Å². The molecule has 20 aromatic carbocycles. The zero-order valence-corrected chi connectivity index (χ0v) is 79.3. The van der Waals surface area contributed by atoms with Crippen molar-refractivity contribution in [3.63, 3.8) is 0 Å². The SMILES string of the molecule is C1=c2nc(-c3ccccc3)oc2=CCC1c1ccc2cc(-c3nc(-c4ccccc4)nc(-c4ccc(-c5ccccc5)cc4)n3)ccc2c1.c1ccc(-c2ccc(-c3nc(-c4ccccc4)nc(-c4ccc(-c5cccc6nc(-c7ccccc7)oc56)c5ccccc45)n3)cc2)cc1.c1ccc(-c2ccc(-c3nc(-c4ccccc4)nc(-c4ccc(-c5cccc6oc(-c7ccccc7)nc56)c5ccccc45)n3)cc2)cc1. The van der Waals surface area contributed by atoms with Crippen LogP contribution in [0.25, 0.3) is 259 Å². The first-order valence-corrected chi connectivity index (χ1v) is 49.0. The Kier molecular flexibility index (Phi) is 23.9. The minimum absolute atomic E-state index is 0.220. The molecule has 0 saturated carbocycles. The van der Waals surface area contributed by atoms with E-state index >= 15 is 0 Å². The Morgan fingerprint density at radius 3 is 0.925 bits per heavy atom. The summed E-state index contributed by atoms with van der Waals surface area (Å²) in [6, 6.07) is 167. The molecule has 0 radical (unpaired) electrons. The second kappa shape index (κ2) is 39.6. The first kappa shape index (κ1) is 88.5. The summed E-state index contributed by atoms with van der Waals surface area (Å²) in [5.41, 5.74) is 27.6. The molecule has 0 saturated heterocycles. The number of hydrogen-bond acceptors (Lipinski definition) is 15. The van der Waals surface area contributed by atoms with Crippen LogP contribution >= 0.6 is 0 Å². The van der Waals surface area contributed by atoms with Crippen LogP contribution < -0.4 is 10.8 Å². The highest BCUT2D eigenvalue weighted by Gasteiger charge is 2.25. The van der Waals surface area contributed by atoms with Crippen LogP contribution in [0.4, 0.5) is 0 Å². The van der Waals surface area contributed by atoms with Gasteiger partial charge in [-0.25, -0.2) is 59.8 Å². The van der Waals surface area contributed by atoms with E-state index in [-0.39, 0.29) is 5.92 Å². The number of fused-ring (bicyclic) bond motifs is 6. The maximum absolute atomic E-state index is 6.43. The Hall–Kier alpha value is -19.9. The minimum Gasteiger partial charge on any atom is -0.436 e. The number of rotatable bonds is 18. The zero-order chi connectivity index (χ0) is 97.7. The van der Waals surface area contributed by atoms with E-state index in [9.17, 15) is 0 Å². The molecule has 0 fully saturated rings. The van der Waals surface area contributed by atoms with Crippen LogP contribution in [0.15, 0.2) is 505 Å². The van der Waals surface area contributed by atoms with Crippen molar-refractivity contribution in [3.05, 3.63) is 508 Å². The fourth-order valence-electron chi connectivity index (χ4n) is 19.2. The second-order valence-electron chi connectivity index (χ2n) is 36.0. The lowest BCUT2D eigenvalue weighted by molar-refractivity contribution is 0.536. The van der Waals surface area contributed by atoms with E-state index in [0.29, 0.717) is 70.1 Å². The molecular weight excluding hydrogens is 1800 g/mol. The van der Waals surface area contributed by atoms with Gasteiger partial charge in [0.15, 0.2) is 69.0 Å². The van der Waals surface area contributed by atoms with Crippen molar-refractivity contribution in [1.29, 1.82) is 0 Å². The Labute approximate surface area is 846 Å². The maximum atomic E-state index is 6.43. The number of benzene rings is 20. The Morgan fingerprint density at radius 2 is 0.497 bits per heavy atom. The Balaban J connectivity index is 0.000000115. The first-order valence-electron chi connectivity index (χ1n) is 49.0. The standard InChI is InChI=1S/2C44H28N4O.C44H30N4O/c1-4-13-29(14-5-1)30-23-25-32(26-24-30)42-46-41(31-15-6-2-7-16-31)47-43(48-42)38-28-27-36(34-19-10-11-20-35(34)38)37-21-12-22-39-40(37)45-44(49-39)33-17-8-3-9-18-33;1-4-13-29(14-5-1)30-23-25-32(26-24-30)42-46-41(31-15-6-2-7-16-31)47-43(48-42)38-28-27-36(34-19-10-11-20-35(34)38)37-21-12-22-39-40(37)49-44(45-39)33-17-8-3-9-18-33;1-4-10-29(11-5-1)30-16-18-32(19-17-30)42-46-41(31-12-6-2-7-13-31)47-43(48-42)38-23-22-34-26-35(20-21-36(34)27-38)37-24-25-40-39(28-37)45-44(49-40)33-14-8-3-9-15-33/h2*1-28H;1-23,25-28,37H,24H2. The summed E-state index contributed by atoms with van der Waals surface area (Å²) in [6.07, 6.45) is 5.25. The predicted molar refractivity (Wildman–Crippen MR) is 592 cm³/mol. The van der Waals surface area contributed by atoms with E-state index in [2.05, 4.69) is 279 Å². The zero-order valence-electron chi connectivity index (χ0n) is 79.3. The average Bonchev–Trinajstić information content (AvgIpc) is 1.64. The molecule has 0 spiro atoms. The smallest absolute Gasteiger partial charge is 0.227 e. The summed E-state index contributed by atoms with van der Waals surface area (Å²) in [6.45, 7) is 0. The molecule has 0 amide bonds.